The van der Waals surface area contributed by atoms with Crippen LogP contribution in [-0.2, 0) is 20.7 Å². The molecule has 0 spiro atoms. The molecule has 0 saturated heterocycles. The number of esters is 1. The molecule has 0 aliphatic heterocycles. The fraction of sp³-hybridized carbons (Fsp3) is 0.364. The number of nitrogens with one attached hydrogen (secondary N) is 1. The standard InChI is InChI=1S/C22H27NO5/c1-22(2,3)28-21(25)23-19(20(24)27-5)14-15-6-8-16(9-7-15)17-10-12-18(26-4)13-11-17/h6-13,19H,14H2,1-5H3,(H,23,25)/t19-/m0/s1. The number of methoxy groups -OCH3 is 2. The molecule has 0 aliphatic carbocycles. The van der Waals surface area contributed by atoms with E-state index >= 15 is 0 Å². The average molecular weight is 385 g/mol. The average Bonchev–Trinajstić information content (AvgIpc) is 2.66. The molecule has 1 atom stereocenters. The van der Waals surface area contributed by atoms with Gasteiger partial charge in [0.1, 0.15) is 17.4 Å². The minimum atomic E-state index is -0.827. The van der Waals surface area contributed by atoms with Crippen molar-refractivity contribution in [3.63, 3.8) is 0 Å². The molecule has 2 rings (SSSR count). The first-order valence-corrected chi connectivity index (χ1v) is 9.02. The molecule has 6 heteroatoms. The number of hydrogen-bond acceptors (Lipinski definition) is 5. The predicted molar refractivity (Wildman–Crippen MR) is 107 cm³/mol. The maximum Gasteiger partial charge on any atom is 0.408 e. The van der Waals surface area contributed by atoms with Crippen molar-refractivity contribution < 1.29 is 23.8 Å². The summed E-state index contributed by atoms with van der Waals surface area (Å²) in [5.41, 5.74) is 2.35. The number of alkyl carbamates (subject to hydrolysis) is 1. The van der Waals surface area contributed by atoms with Gasteiger partial charge in [0.25, 0.3) is 0 Å². The SMILES string of the molecule is COC(=O)[C@H](Cc1ccc(-c2ccc(OC)cc2)cc1)NC(=O)OC(C)(C)C. The van der Waals surface area contributed by atoms with Crippen LogP contribution < -0.4 is 10.1 Å². The molecule has 0 fully saturated rings. The van der Waals surface area contributed by atoms with Gasteiger partial charge in [0.05, 0.1) is 14.2 Å². The van der Waals surface area contributed by atoms with Crippen LogP contribution >= 0.6 is 0 Å². The third-order valence-electron chi connectivity index (χ3n) is 3.99. The van der Waals surface area contributed by atoms with E-state index in [9.17, 15) is 9.59 Å². The maximum absolute atomic E-state index is 12.1. The van der Waals surface area contributed by atoms with Crippen LogP contribution in [0.1, 0.15) is 26.3 Å². The Kier molecular flexibility index (Phi) is 7.04. The van der Waals surface area contributed by atoms with Gasteiger partial charge in [-0.2, -0.15) is 0 Å². The molecular weight excluding hydrogens is 358 g/mol. The highest BCUT2D eigenvalue weighted by atomic mass is 16.6. The van der Waals surface area contributed by atoms with Crippen molar-refractivity contribution in [3.05, 3.63) is 54.1 Å². The molecule has 0 aromatic heterocycles. The highest BCUT2D eigenvalue weighted by molar-refractivity contribution is 5.81. The van der Waals surface area contributed by atoms with Crippen LogP contribution in [-0.4, -0.2) is 37.9 Å². The number of carbonyl (C=O) groups excluding carboxylic acids is 2. The lowest BCUT2D eigenvalue weighted by atomic mass is 10.0. The Morgan fingerprint density at radius 1 is 0.929 bits per heavy atom. The van der Waals surface area contributed by atoms with E-state index in [-0.39, 0.29) is 0 Å². The van der Waals surface area contributed by atoms with Gasteiger partial charge >= 0.3 is 12.1 Å². The second-order valence-corrected chi connectivity index (χ2v) is 7.35. The Labute approximate surface area is 165 Å². The fourth-order valence-corrected chi connectivity index (χ4v) is 2.64. The number of ether oxygens (including phenoxy) is 3. The monoisotopic (exact) mass is 385 g/mol. The molecule has 0 radical (unpaired) electrons. The molecule has 2 aromatic carbocycles. The molecule has 28 heavy (non-hydrogen) atoms. The molecule has 150 valence electrons. The first-order chi connectivity index (χ1) is 13.2. The Morgan fingerprint density at radius 2 is 1.46 bits per heavy atom. The van der Waals surface area contributed by atoms with Gasteiger partial charge in [0.2, 0.25) is 0 Å². The zero-order chi connectivity index (χ0) is 20.7. The van der Waals surface area contributed by atoms with Crippen molar-refractivity contribution >= 4 is 12.1 Å². The lowest BCUT2D eigenvalue weighted by molar-refractivity contribution is -0.143. The van der Waals surface area contributed by atoms with Crippen molar-refractivity contribution in [3.8, 4) is 16.9 Å². The Morgan fingerprint density at radius 3 is 1.93 bits per heavy atom. The van der Waals surface area contributed by atoms with Gasteiger partial charge in [-0.05, 0) is 49.6 Å². The summed E-state index contributed by atoms with van der Waals surface area (Å²) in [6, 6.07) is 14.7. The molecular formula is C22H27NO5. The summed E-state index contributed by atoms with van der Waals surface area (Å²) in [4.78, 5) is 24.1. The number of hydrogen-bond donors (Lipinski definition) is 1. The van der Waals surface area contributed by atoms with E-state index < -0.39 is 23.7 Å². The summed E-state index contributed by atoms with van der Waals surface area (Å²) in [5.74, 6) is 0.277. The molecule has 1 N–H and O–H groups in total. The van der Waals surface area contributed by atoms with Crippen LogP contribution in [0.25, 0.3) is 11.1 Å². The minimum absolute atomic E-state index is 0.300. The minimum Gasteiger partial charge on any atom is -0.497 e. The number of amides is 1. The Bertz CT molecular complexity index is 791. The van der Waals surface area contributed by atoms with Crippen LogP contribution in [0.2, 0.25) is 0 Å². The normalized spacial score (nSPS) is 12.0. The van der Waals surface area contributed by atoms with Gasteiger partial charge in [-0.3, -0.25) is 0 Å². The van der Waals surface area contributed by atoms with E-state index in [1.54, 1.807) is 27.9 Å². The molecule has 0 unspecified atom stereocenters. The molecule has 2 aromatic rings. The molecule has 0 aliphatic rings. The summed E-state index contributed by atoms with van der Waals surface area (Å²) >= 11 is 0. The van der Waals surface area contributed by atoms with E-state index in [1.165, 1.54) is 7.11 Å². The van der Waals surface area contributed by atoms with E-state index in [2.05, 4.69) is 5.32 Å². The smallest absolute Gasteiger partial charge is 0.408 e. The van der Waals surface area contributed by atoms with Crippen LogP contribution in [0, 0.1) is 0 Å². The van der Waals surface area contributed by atoms with Crippen molar-refractivity contribution in [2.75, 3.05) is 14.2 Å². The van der Waals surface area contributed by atoms with E-state index in [0.717, 1.165) is 22.4 Å². The number of benzene rings is 2. The lowest BCUT2D eigenvalue weighted by Gasteiger charge is -2.22. The van der Waals surface area contributed by atoms with E-state index in [4.69, 9.17) is 14.2 Å². The molecule has 0 heterocycles. The van der Waals surface area contributed by atoms with E-state index in [1.807, 2.05) is 48.5 Å². The summed E-state index contributed by atoms with van der Waals surface area (Å²) in [7, 11) is 2.92. The summed E-state index contributed by atoms with van der Waals surface area (Å²) in [6.45, 7) is 5.28. The predicted octanol–water partition coefficient (Wildman–Crippen LogP) is 3.97. The third-order valence-corrected chi connectivity index (χ3v) is 3.99. The van der Waals surface area contributed by atoms with Crippen LogP contribution in [0.15, 0.2) is 48.5 Å². The van der Waals surface area contributed by atoms with Gasteiger partial charge < -0.3 is 19.5 Å². The highest BCUT2D eigenvalue weighted by Crippen LogP contribution is 2.23. The summed E-state index contributed by atoms with van der Waals surface area (Å²) in [6.07, 6.45) is -0.354. The molecule has 0 saturated carbocycles. The second kappa shape index (κ2) is 9.26. The van der Waals surface area contributed by atoms with Gasteiger partial charge in [-0.25, -0.2) is 9.59 Å². The number of rotatable bonds is 6. The molecule has 6 nitrogen and oxygen atoms in total. The topological polar surface area (TPSA) is 73.9 Å². The van der Waals surface area contributed by atoms with Crippen LogP contribution in [0.3, 0.4) is 0 Å². The van der Waals surface area contributed by atoms with Gasteiger partial charge in [-0.1, -0.05) is 36.4 Å². The first kappa shape index (κ1) is 21.3. The van der Waals surface area contributed by atoms with Crippen molar-refractivity contribution in [2.45, 2.75) is 38.8 Å². The highest BCUT2D eigenvalue weighted by Gasteiger charge is 2.25. The molecule has 0 bridgehead atoms. The summed E-state index contributed by atoms with van der Waals surface area (Å²) in [5, 5.41) is 2.58. The Hall–Kier alpha value is -3.02. The van der Waals surface area contributed by atoms with Gasteiger partial charge in [0, 0.05) is 6.42 Å². The maximum atomic E-state index is 12.1. The van der Waals surface area contributed by atoms with Gasteiger partial charge in [0.15, 0.2) is 0 Å². The van der Waals surface area contributed by atoms with Crippen molar-refractivity contribution in [1.82, 2.24) is 5.32 Å². The third kappa shape index (κ3) is 6.30. The van der Waals surface area contributed by atoms with Crippen LogP contribution in [0.4, 0.5) is 4.79 Å². The summed E-state index contributed by atoms with van der Waals surface area (Å²) < 4.78 is 15.2. The quantitative estimate of drug-likeness (QED) is 0.762. The lowest BCUT2D eigenvalue weighted by Crippen LogP contribution is -2.45. The van der Waals surface area contributed by atoms with E-state index in [0.29, 0.717) is 6.42 Å². The zero-order valence-corrected chi connectivity index (χ0v) is 16.9. The van der Waals surface area contributed by atoms with Crippen molar-refractivity contribution in [1.29, 1.82) is 0 Å². The van der Waals surface area contributed by atoms with Crippen molar-refractivity contribution in [2.24, 2.45) is 0 Å². The molecule has 1 amide bonds. The number of carbonyl (C=O) groups is 2. The second-order valence-electron chi connectivity index (χ2n) is 7.35. The zero-order valence-electron chi connectivity index (χ0n) is 16.9. The van der Waals surface area contributed by atoms with Crippen LogP contribution in [0.5, 0.6) is 5.75 Å². The fourth-order valence-electron chi connectivity index (χ4n) is 2.64. The van der Waals surface area contributed by atoms with Gasteiger partial charge in [-0.15, -0.1) is 0 Å². The Balaban J connectivity index is 2.09. The largest absolute Gasteiger partial charge is 0.497 e. The first-order valence-electron chi connectivity index (χ1n) is 9.02.